The number of hydrogen-bond donors (Lipinski definition) is 2. The Morgan fingerprint density at radius 1 is 1.26 bits per heavy atom. The summed E-state index contributed by atoms with van der Waals surface area (Å²) in [7, 11) is 1.64. The zero-order valence-corrected chi connectivity index (χ0v) is 14.1. The van der Waals surface area contributed by atoms with E-state index in [0.717, 1.165) is 22.6 Å². The largest absolute Gasteiger partial charge is 0.496 e. The summed E-state index contributed by atoms with van der Waals surface area (Å²) in [4.78, 5) is 12.2. The number of benzene rings is 1. The maximum atomic E-state index is 12.2. The predicted molar refractivity (Wildman–Crippen MR) is 88.6 cm³/mol. The van der Waals surface area contributed by atoms with Gasteiger partial charge in [-0.3, -0.25) is 15.4 Å². The summed E-state index contributed by atoms with van der Waals surface area (Å²) in [5.74, 6) is 0.968. The van der Waals surface area contributed by atoms with Gasteiger partial charge in [0.1, 0.15) is 5.75 Å². The van der Waals surface area contributed by atoms with Crippen LogP contribution in [0.5, 0.6) is 5.75 Å². The molecule has 1 amide bonds. The second kappa shape index (κ2) is 7.28. The second-order valence-corrected chi connectivity index (χ2v) is 5.68. The van der Waals surface area contributed by atoms with Crippen LogP contribution >= 0.6 is 0 Å². The lowest BCUT2D eigenvalue weighted by Crippen LogP contribution is -2.39. The first-order valence-corrected chi connectivity index (χ1v) is 7.55. The van der Waals surface area contributed by atoms with Crippen molar-refractivity contribution in [2.75, 3.05) is 12.4 Å². The third-order valence-electron chi connectivity index (χ3n) is 3.62. The van der Waals surface area contributed by atoms with E-state index in [1.165, 1.54) is 0 Å². The molecule has 6 heteroatoms. The van der Waals surface area contributed by atoms with Gasteiger partial charge >= 0.3 is 0 Å². The summed E-state index contributed by atoms with van der Waals surface area (Å²) in [5, 5.41) is 9.71. The first kappa shape index (κ1) is 17.0. The molecule has 0 bridgehead atoms. The highest BCUT2D eigenvalue weighted by Crippen LogP contribution is 2.26. The minimum absolute atomic E-state index is 0.0398. The van der Waals surface area contributed by atoms with Gasteiger partial charge in [0, 0.05) is 17.7 Å². The van der Waals surface area contributed by atoms with Gasteiger partial charge in [-0.2, -0.15) is 0 Å². The van der Waals surface area contributed by atoms with Crippen LogP contribution in [0.25, 0.3) is 0 Å². The molecule has 2 N–H and O–H groups in total. The number of hydrogen-bond acceptors (Lipinski definition) is 5. The Balaban J connectivity index is 2.02. The van der Waals surface area contributed by atoms with Crippen molar-refractivity contribution in [1.29, 1.82) is 0 Å². The quantitative estimate of drug-likeness (QED) is 0.856. The molecule has 0 aliphatic rings. The fraction of sp³-hybridized carbons (Fsp3) is 0.412. The minimum atomic E-state index is -0.402. The molecule has 0 saturated carbocycles. The molecule has 1 heterocycles. The minimum Gasteiger partial charge on any atom is -0.496 e. The van der Waals surface area contributed by atoms with E-state index in [1.807, 2.05) is 26.0 Å². The van der Waals surface area contributed by atoms with Crippen LogP contribution in [0.2, 0.25) is 0 Å². The van der Waals surface area contributed by atoms with E-state index in [1.54, 1.807) is 27.0 Å². The molecule has 0 aliphatic heterocycles. The second-order valence-electron chi connectivity index (χ2n) is 5.68. The molecule has 2 rings (SSSR count). The van der Waals surface area contributed by atoms with Gasteiger partial charge in [0.25, 0.3) is 0 Å². The number of aromatic nitrogens is 1. The highest BCUT2D eigenvalue weighted by Gasteiger charge is 2.19. The molecule has 124 valence electrons. The van der Waals surface area contributed by atoms with E-state index in [2.05, 4.69) is 21.9 Å². The Labute approximate surface area is 136 Å². The molecule has 2 aromatic rings. The van der Waals surface area contributed by atoms with Crippen molar-refractivity contribution in [3.8, 4) is 5.75 Å². The van der Waals surface area contributed by atoms with Crippen LogP contribution in [0.1, 0.15) is 36.7 Å². The Kier molecular flexibility index (Phi) is 5.39. The highest BCUT2D eigenvalue weighted by atomic mass is 16.5. The number of anilines is 1. The van der Waals surface area contributed by atoms with Gasteiger partial charge in [0.2, 0.25) is 11.8 Å². The van der Waals surface area contributed by atoms with Crippen LogP contribution in [-0.2, 0) is 4.79 Å². The monoisotopic (exact) mass is 317 g/mol. The lowest BCUT2D eigenvalue weighted by atomic mass is 10.0. The molecule has 0 aliphatic carbocycles. The number of carbonyl (C=O) groups is 1. The van der Waals surface area contributed by atoms with Crippen LogP contribution < -0.4 is 15.4 Å². The fourth-order valence-corrected chi connectivity index (χ4v) is 2.38. The average Bonchev–Trinajstić information content (AvgIpc) is 2.92. The molecule has 0 fully saturated rings. The third kappa shape index (κ3) is 4.32. The smallest absolute Gasteiger partial charge is 0.243 e. The van der Waals surface area contributed by atoms with E-state index >= 15 is 0 Å². The van der Waals surface area contributed by atoms with E-state index in [4.69, 9.17) is 9.26 Å². The summed E-state index contributed by atoms with van der Waals surface area (Å²) in [5.41, 5.74) is 2.88. The van der Waals surface area contributed by atoms with E-state index in [-0.39, 0.29) is 11.9 Å². The van der Waals surface area contributed by atoms with Gasteiger partial charge in [-0.25, -0.2) is 0 Å². The summed E-state index contributed by atoms with van der Waals surface area (Å²) in [6, 6.07) is 7.23. The van der Waals surface area contributed by atoms with E-state index in [9.17, 15) is 4.79 Å². The molecule has 0 spiro atoms. The number of methoxy groups -OCH3 is 1. The molecule has 0 unspecified atom stereocenters. The molecule has 0 radical (unpaired) electrons. The average molecular weight is 317 g/mol. The van der Waals surface area contributed by atoms with E-state index < -0.39 is 6.04 Å². The van der Waals surface area contributed by atoms with Gasteiger partial charge in [0.05, 0.1) is 18.8 Å². The summed E-state index contributed by atoms with van der Waals surface area (Å²) >= 11 is 0. The van der Waals surface area contributed by atoms with Crippen molar-refractivity contribution in [3.63, 3.8) is 0 Å². The lowest BCUT2D eigenvalue weighted by molar-refractivity contribution is -0.118. The molecular formula is C17H23N3O3. The molecular weight excluding hydrogens is 294 g/mol. The first-order chi connectivity index (χ1) is 10.9. The van der Waals surface area contributed by atoms with Crippen LogP contribution in [0.3, 0.4) is 0 Å². The van der Waals surface area contributed by atoms with Crippen molar-refractivity contribution >= 4 is 11.8 Å². The number of ether oxygens (including phenoxy) is 1. The fourth-order valence-electron chi connectivity index (χ4n) is 2.38. The van der Waals surface area contributed by atoms with Crippen LogP contribution in [0.4, 0.5) is 5.88 Å². The lowest BCUT2D eigenvalue weighted by Gasteiger charge is -2.21. The number of rotatable bonds is 6. The van der Waals surface area contributed by atoms with Crippen molar-refractivity contribution in [3.05, 3.63) is 41.1 Å². The topological polar surface area (TPSA) is 76.4 Å². The molecule has 6 nitrogen and oxygen atoms in total. The van der Waals surface area contributed by atoms with Crippen molar-refractivity contribution in [2.24, 2.45) is 0 Å². The Bertz CT molecular complexity index is 681. The number of amides is 1. The van der Waals surface area contributed by atoms with Crippen molar-refractivity contribution < 1.29 is 14.1 Å². The van der Waals surface area contributed by atoms with Gasteiger partial charge in [-0.15, -0.1) is 0 Å². The zero-order chi connectivity index (χ0) is 17.0. The SMILES string of the molecule is COc1ccc(C)cc1[C@@H](C)N[C@H](C)C(=O)Nc1cc(C)no1. The normalized spacial score (nSPS) is 13.4. The predicted octanol–water partition coefficient (Wildman–Crippen LogP) is 2.98. The summed E-state index contributed by atoms with van der Waals surface area (Å²) in [6.07, 6.45) is 0. The number of nitrogens with zero attached hydrogens (tertiary/aromatic N) is 1. The molecule has 1 aromatic heterocycles. The molecule has 2 atom stereocenters. The van der Waals surface area contributed by atoms with E-state index in [0.29, 0.717) is 5.88 Å². The molecule has 23 heavy (non-hydrogen) atoms. The van der Waals surface area contributed by atoms with Gasteiger partial charge < -0.3 is 9.26 Å². The Morgan fingerprint density at radius 3 is 2.61 bits per heavy atom. The first-order valence-electron chi connectivity index (χ1n) is 7.55. The number of nitrogens with one attached hydrogen (secondary N) is 2. The third-order valence-corrected chi connectivity index (χ3v) is 3.62. The van der Waals surface area contributed by atoms with Crippen molar-refractivity contribution in [1.82, 2.24) is 10.5 Å². The number of carbonyl (C=O) groups excluding carboxylic acids is 1. The summed E-state index contributed by atoms with van der Waals surface area (Å²) < 4.78 is 10.4. The Morgan fingerprint density at radius 2 is 2.00 bits per heavy atom. The number of aryl methyl sites for hydroxylation is 2. The van der Waals surface area contributed by atoms with Crippen molar-refractivity contribution in [2.45, 2.75) is 39.8 Å². The summed E-state index contributed by atoms with van der Waals surface area (Å²) in [6.45, 7) is 7.63. The standard InChI is InChI=1S/C17H23N3O3/c1-10-6-7-15(22-5)14(8-10)12(3)18-13(4)17(21)19-16-9-11(2)20-23-16/h6-9,12-13,18H,1-5H3,(H,19,21)/t12-,13-/m1/s1. The van der Waals surface area contributed by atoms with Crippen LogP contribution in [0, 0.1) is 13.8 Å². The zero-order valence-electron chi connectivity index (χ0n) is 14.1. The maximum absolute atomic E-state index is 12.2. The van der Waals surface area contributed by atoms with Crippen LogP contribution in [0.15, 0.2) is 28.8 Å². The molecule has 0 saturated heterocycles. The van der Waals surface area contributed by atoms with Gasteiger partial charge in [0.15, 0.2) is 0 Å². The Hall–Kier alpha value is -2.34. The van der Waals surface area contributed by atoms with Gasteiger partial charge in [-0.1, -0.05) is 22.9 Å². The molecule has 1 aromatic carbocycles. The maximum Gasteiger partial charge on any atom is 0.243 e. The highest BCUT2D eigenvalue weighted by molar-refractivity contribution is 5.93. The van der Waals surface area contributed by atoms with Gasteiger partial charge in [-0.05, 0) is 33.8 Å². The van der Waals surface area contributed by atoms with Crippen LogP contribution in [-0.4, -0.2) is 24.2 Å².